The molecule has 1 amide bonds. The van der Waals surface area contributed by atoms with Crippen molar-refractivity contribution in [2.45, 2.75) is 46.1 Å². The monoisotopic (exact) mass is 365 g/mol. The summed E-state index contributed by atoms with van der Waals surface area (Å²) < 4.78 is 0. The van der Waals surface area contributed by atoms with Crippen LogP contribution in [0.25, 0.3) is 0 Å². The van der Waals surface area contributed by atoms with Gasteiger partial charge >= 0.3 is 0 Å². The number of nitrogens with one attached hydrogen (secondary N) is 1. The zero-order valence-corrected chi connectivity index (χ0v) is 16.2. The van der Waals surface area contributed by atoms with E-state index in [1.807, 2.05) is 32.0 Å². The highest BCUT2D eigenvalue weighted by Crippen LogP contribution is 2.33. The average Bonchev–Trinajstić information content (AvgIpc) is 2.58. The summed E-state index contributed by atoms with van der Waals surface area (Å²) in [7, 11) is 0. The third kappa shape index (κ3) is 3.35. The Morgan fingerprint density at radius 1 is 1.30 bits per heavy atom. The van der Waals surface area contributed by atoms with Crippen molar-refractivity contribution in [3.63, 3.8) is 0 Å². The summed E-state index contributed by atoms with van der Waals surface area (Å²) in [6.07, 6.45) is 4.42. The number of nitrogens with zero attached hydrogens (tertiary/aromatic N) is 2. The Bertz CT molecular complexity index is 870. The van der Waals surface area contributed by atoms with Gasteiger partial charge in [0.25, 0.3) is 5.91 Å². The summed E-state index contributed by atoms with van der Waals surface area (Å²) in [6, 6.07) is 6.18. The molecule has 1 heterocycles. The van der Waals surface area contributed by atoms with Crippen molar-refractivity contribution in [3.8, 4) is 0 Å². The third-order valence-electron chi connectivity index (χ3n) is 5.30. The standard InChI is InChI=1S/C21H27N5O/c1-12-7-5-8-13(2)19(12)24-15(4)25-20-17(11-22)18(23)14(3)21(27)26(20)16-9-6-10-16/h5,7-8,11,16,24H,4,6,9-10,22-23H2,1-3H3/b17-11-,25-20+. The molecule has 142 valence electrons. The van der Waals surface area contributed by atoms with Gasteiger partial charge in [0.1, 0.15) is 11.7 Å². The minimum Gasteiger partial charge on any atom is -0.404 e. The van der Waals surface area contributed by atoms with Gasteiger partial charge in [0.2, 0.25) is 0 Å². The molecule has 0 radical (unpaired) electrons. The molecule has 1 aromatic carbocycles. The second-order valence-electron chi connectivity index (χ2n) is 7.15. The average molecular weight is 365 g/mol. The molecule has 0 bridgehead atoms. The van der Waals surface area contributed by atoms with Crippen LogP contribution in [0.1, 0.15) is 37.3 Å². The van der Waals surface area contributed by atoms with E-state index in [1.54, 1.807) is 11.8 Å². The Hall–Kier alpha value is -3.02. The first kappa shape index (κ1) is 18.8. The third-order valence-corrected chi connectivity index (χ3v) is 5.30. The number of nitrogens with two attached hydrogens (primary N) is 2. The van der Waals surface area contributed by atoms with Crippen molar-refractivity contribution in [1.82, 2.24) is 4.90 Å². The summed E-state index contributed by atoms with van der Waals surface area (Å²) in [4.78, 5) is 19.2. The number of aliphatic imine (C=N–C) groups is 1. The van der Waals surface area contributed by atoms with Crippen LogP contribution in [0.5, 0.6) is 0 Å². The lowest BCUT2D eigenvalue weighted by atomic mass is 9.88. The predicted molar refractivity (Wildman–Crippen MR) is 110 cm³/mol. The molecule has 1 fully saturated rings. The van der Waals surface area contributed by atoms with Gasteiger partial charge in [-0.25, -0.2) is 4.99 Å². The first-order valence-electron chi connectivity index (χ1n) is 9.18. The van der Waals surface area contributed by atoms with Gasteiger partial charge in [0.15, 0.2) is 0 Å². The maximum absolute atomic E-state index is 12.9. The second-order valence-corrected chi connectivity index (χ2v) is 7.15. The first-order valence-corrected chi connectivity index (χ1v) is 9.18. The quantitative estimate of drug-likeness (QED) is 0.764. The van der Waals surface area contributed by atoms with Gasteiger partial charge in [0.05, 0.1) is 11.3 Å². The number of carbonyl (C=O) groups is 1. The lowest BCUT2D eigenvalue weighted by Gasteiger charge is -2.41. The number of anilines is 1. The van der Waals surface area contributed by atoms with E-state index in [1.165, 1.54) is 6.20 Å². The van der Waals surface area contributed by atoms with Crippen LogP contribution in [0.4, 0.5) is 5.69 Å². The molecular formula is C21H27N5O. The van der Waals surface area contributed by atoms with Gasteiger partial charge in [-0.1, -0.05) is 24.8 Å². The minimum absolute atomic E-state index is 0.110. The molecule has 0 atom stereocenters. The lowest BCUT2D eigenvalue weighted by molar-refractivity contribution is -0.126. The van der Waals surface area contributed by atoms with E-state index in [4.69, 9.17) is 11.5 Å². The van der Waals surface area contributed by atoms with E-state index in [2.05, 4.69) is 16.9 Å². The molecule has 27 heavy (non-hydrogen) atoms. The second kappa shape index (κ2) is 7.31. The van der Waals surface area contributed by atoms with Crippen molar-refractivity contribution < 1.29 is 4.79 Å². The van der Waals surface area contributed by atoms with Crippen LogP contribution in [0.3, 0.4) is 0 Å². The summed E-state index contributed by atoms with van der Waals surface area (Å²) in [5.74, 6) is 0.798. The van der Waals surface area contributed by atoms with Crippen LogP contribution in [0, 0.1) is 13.8 Å². The Kier molecular flexibility index (Phi) is 5.08. The molecule has 0 aromatic heterocycles. The van der Waals surface area contributed by atoms with Crippen LogP contribution in [-0.2, 0) is 4.79 Å². The van der Waals surface area contributed by atoms with E-state index in [9.17, 15) is 4.79 Å². The molecule has 5 N–H and O–H groups in total. The zero-order chi connectivity index (χ0) is 19.7. The number of benzene rings is 1. The molecular weight excluding hydrogens is 338 g/mol. The molecule has 0 spiro atoms. The molecule has 1 aliphatic carbocycles. The van der Waals surface area contributed by atoms with E-state index in [0.717, 1.165) is 36.1 Å². The maximum atomic E-state index is 12.9. The number of rotatable bonds is 4. The highest BCUT2D eigenvalue weighted by molar-refractivity contribution is 6.19. The van der Waals surface area contributed by atoms with Crippen LogP contribution in [-0.4, -0.2) is 22.7 Å². The summed E-state index contributed by atoms with van der Waals surface area (Å²) in [5.41, 5.74) is 16.6. The highest BCUT2D eigenvalue weighted by Gasteiger charge is 2.39. The van der Waals surface area contributed by atoms with E-state index < -0.39 is 0 Å². The van der Waals surface area contributed by atoms with Crippen molar-refractivity contribution in [1.29, 1.82) is 0 Å². The molecule has 1 aliphatic heterocycles. The molecule has 1 saturated carbocycles. The normalized spacial score (nSPS) is 21.0. The van der Waals surface area contributed by atoms with Crippen molar-refractivity contribution in [3.05, 3.63) is 64.8 Å². The number of hydrogen-bond acceptors (Lipinski definition) is 5. The van der Waals surface area contributed by atoms with Crippen LogP contribution in [0.2, 0.25) is 0 Å². The van der Waals surface area contributed by atoms with Gasteiger partial charge in [-0.3, -0.25) is 9.69 Å². The molecule has 3 rings (SSSR count). The number of hydrogen-bond donors (Lipinski definition) is 3. The Labute approximate surface area is 160 Å². The summed E-state index contributed by atoms with van der Waals surface area (Å²) >= 11 is 0. The van der Waals surface area contributed by atoms with Crippen LogP contribution in [0.15, 0.2) is 58.6 Å². The zero-order valence-electron chi connectivity index (χ0n) is 16.2. The molecule has 6 heteroatoms. The fourth-order valence-electron chi connectivity index (χ4n) is 3.42. The van der Waals surface area contributed by atoms with Crippen molar-refractivity contribution in [2.75, 3.05) is 5.32 Å². The summed E-state index contributed by atoms with van der Waals surface area (Å²) in [5, 5.41) is 3.26. The van der Waals surface area contributed by atoms with E-state index >= 15 is 0 Å². The SMILES string of the molecule is C=C(/N=C1\C(=C/N)C(N)=C(C)C(=O)N1C1CCC1)Nc1c(C)cccc1C. The first-order chi connectivity index (χ1) is 12.8. The summed E-state index contributed by atoms with van der Waals surface area (Å²) in [6.45, 7) is 9.82. The number of para-hydroxylation sites is 1. The van der Waals surface area contributed by atoms with Gasteiger partial charge < -0.3 is 16.8 Å². The fourth-order valence-corrected chi connectivity index (χ4v) is 3.42. The fraction of sp³-hybridized carbons (Fsp3) is 0.333. The van der Waals surface area contributed by atoms with Crippen LogP contribution < -0.4 is 16.8 Å². The van der Waals surface area contributed by atoms with Crippen molar-refractivity contribution >= 4 is 17.4 Å². The topological polar surface area (TPSA) is 96.7 Å². The van der Waals surface area contributed by atoms with Gasteiger partial charge in [0, 0.05) is 23.5 Å². The Morgan fingerprint density at radius 2 is 1.93 bits per heavy atom. The Balaban J connectivity index is 2.00. The number of amides is 1. The molecule has 1 aromatic rings. The van der Waals surface area contributed by atoms with Crippen LogP contribution >= 0.6 is 0 Å². The number of aryl methyl sites for hydroxylation is 2. The lowest BCUT2D eigenvalue weighted by Crippen LogP contribution is -2.52. The largest absolute Gasteiger partial charge is 0.404 e. The highest BCUT2D eigenvalue weighted by atomic mass is 16.2. The smallest absolute Gasteiger partial charge is 0.257 e. The van der Waals surface area contributed by atoms with Gasteiger partial charge in [-0.15, -0.1) is 0 Å². The van der Waals surface area contributed by atoms with Crippen molar-refractivity contribution in [2.24, 2.45) is 16.5 Å². The predicted octanol–water partition coefficient (Wildman–Crippen LogP) is 3.06. The molecule has 0 saturated heterocycles. The molecule has 0 unspecified atom stereocenters. The maximum Gasteiger partial charge on any atom is 0.257 e. The number of carbonyl (C=O) groups excluding carboxylic acids is 1. The van der Waals surface area contributed by atoms with E-state index in [-0.39, 0.29) is 11.9 Å². The van der Waals surface area contributed by atoms with E-state index in [0.29, 0.717) is 28.5 Å². The minimum atomic E-state index is -0.110. The van der Waals surface area contributed by atoms with Gasteiger partial charge in [-0.2, -0.15) is 0 Å². The number of amidine groups is 1. The molecule has 6 nitrogen and oxygen atoms in total. The Morgan fingerprint density at radius 3 is 2.44 bits per heavy atom. The van der Waals surface area contributed by atoms with Gasteiger partial charge in [-0.05, 0) is 51.2 Å². The molecule has 2 aliphatic rings.